The monoisotopic (exact) mass is 369 g/mol. The molecule has 0 amide bonds. The maximum atomic E-state index is 5.72. The Kier molecular flexibility index (Phi) is 9.21. The van der Waals surface area contributed by atoms with Crippen molar-refractivity contribution in [1.82, 2.24) is 10.2 Å². The first-order valence-electron chi connectivity index (χ1n) is 9.40. The molecule has 27 heavy (non-hydrogen) atoms. The Balaban J connectivity index is 1.64. The van der Waals surface area contributed by atoms with Gasteiger partial charge in [-0.15, -0.1) is 0 Å². The summed E-state index contributed by atoms with van der Waals surface area (Å²) in [5, 5.41) is 3.42. The van der Waals surface area contributed by atoms with E-state index in [2.05, 4.69) is 33.4 Å². The van der Waals surface area contributed by atoms with Gasteiger partial charge in [0.05, 0.1) is 13.7 Å². The van der Waals surface area contributed by atoms with Crippen molar-refractivity contribution < 1.29 is 9.47 Å². The molecule has 0 heterocycles. The van der Waals surface area contributed by atoms with Crippen LogP contribution in [0.4, 0.5) is 0 Å². The van der Waals surface area contributed by atoms with Crippen molar-refractivity contribution in [2.75, 3.05) is 34.4 Å². The highest BCUT2D eigenvalue weighted by Crippen LogP contribution is 2.18. The van der Waals surface area contributed by atoms with E-state index in [0.717, 1.165) is 49.8 Å². The van der Waals surface area contributed by atoms with Crippen molar-refractivity contribution in [2.24, 2.45) is 4.99 Å². The molecule has 0 unspecified atom stereocenters. The van der Waals surface area contributed by atoms with E-state index in [1.54, 1.807) is 7.11 Å². The molecule has 0 radical (unpaired) electrons. The average Bonchev–Trinajstić information content (AvgIpc) is 2.71. The van der Waals surface area contributed by atoms with Crippen molar-refractivity contribution in [3.8, 4) is 5.75 Å². The molecular formula is C22H31N3O2. The van der Waals surface area contributed by atoms with Crippen LogP contribution >= 0.6 is 0 Å². The van der Waals surface area contributed by atoms with Crippen LogP contribution in [0.5, 0.6) is 5.75 Å². The summed E-state index contributed by atoms with van der Waals surface area (Å²) in [5.41, 5.74) is 2.36. The number of nitrogens with one attached hydrogen (secondary N) is 1. The van der Waals surface area contributed by atoms with Crippen LogP contribution in [0.2, 0.25) is 0 Å². The normalized spacial score (nSPS) is 11.3. The van der Waals surface area contributed by atoms with E-state index in [1.165, 1.54) is 5.56 Å². The number of para-hydroxylation sites is 1. The second kappa shape index (κ2) is 12.0. The van der Waals surface area contributed by atoms with Crippen LogP contribution in [0.3, 0.4) is 0 Å². The van der Waals surface area contributed by atoms with E-state index in [4.69, 9.17) is 9.47 Å². The minimum Gasteiger partial charge on any atom is -0.496 e. The van der Waals surface area contributed by atoms with Crippen molar-refractivity contribution in [3.05, 3.63) is 65.7 Å². The van der Waals surface area contributed by atoms with E-state index in [1.807, 2.05) is 50.5 Å². The number of ether oxygens (including phenoxy) is 2. The molecule has 0 fully saturated rings. The van der Waals surface area contributed by atoms with Crippen molar-refractivity contribution in [3.63, 3.8) is 0 Å². The number of nitrogens with zero attached hydrogens (tertiary/aromatic N) is 2. The molecule has 2 aromatic rings. The summed E-state index contributed by atoms with van der Waals surface area (Å²) in [6, 6.07) is 18.3. The fraction of sp³-hybridized carbons (Fsp3) is 0.409. The molecule has 2 rings (SSSR count). The van der Waals surface area contributed by atoms with Crippen LogP contribution in [0.25, 0.3) is 0 Å². The third-order valence-electron chi connectivity index (χ3n) is 4.28. The lowest BCUT2D eigenvalue weighted by molar-refractivity contribution is 0.117. The number of benzene rings is 2. The summed E-state index contributed by atoms with van der Waals surface area (Å²) in [6.07, 6.45) is 2.06. The molecule has 0 aromatic heterocycles. The SMILES string of the molecule is CN=C(NCCCCOCc1ccccc1)N(C)Cc1ccccc1OC. The molecule has 0 spiro atoms. The minimum absolute atomic E-state index is 0.678. The summed E-state index contributed by atoms with van der Waals surface area (Å²) >= 11 is 0. The number of hydrogen-bond donors (Lipinski definition) is 1. The van der Waals surface area contributed by atoms with Crippen molar-refractivity contribution in [2.45, 2.75) is 26.0 Å². The first-order chi connectivity index (χ1) is 13.2. The maximum absolute atomic E-state index is 5.72. The summed E-state index contributed by atoms with van der Waals surface area (Å²) in [4.78, 5) is 6.47. The van der Waals surface area contributed by atoms with Crippen LogP contribution < -0.4 is 10.1 Å². The van der Waals surface area contributed by atoms with E-state index < -0.39 is 0 Å². The van der Waals surface area contributed by atoms with Gasteiger partial charge in [0.1, 0.15) is 5.75 Å². The fourth-order valence-electron chi connectivity index (χ4n) is 2.84. The second-order valence-corrected chi connectivity index (χ2v) is 6.39. The molecule has 0 atom stereocenters. The van der Waals surface area contributed by atoms with Gasteiger partial charge in [-0.05, 0) is 24.5 Å². The van der Waals surface area contributed by atoms with Gasteiger partial charge in [-0.1, -0.05) is 48.5 Å². The van der Waals surface area contributed by atoms with Gasteiger partial charge >= 0.3 is 0 Å². The lowest BCUT2D eigenvalue weighted by Crippen LogP contribution is -2.39. The Hall–Kier alpha value is -2.53. The van der Waals surface area contributed by atoms with Gasteiger partial charge in [-0.2, -0.15) is 0 Å². The van der Waals surface area contributed by atoms with Crippen LogP contribution in [0, 0.1) is 0 Å². The molecule has 2 aromatic carbocycles. The maximum Gasteiger partial charge on any atom is 0.193 e. The molecule has 146 valence electrons. The molecule has 0 saturated carbocycles. The Bertz CT molecular complexity index is 689. The van der Waals surface area contributed by atoms with Gasteiger partial charge in [0.25, 0.3) is 0 Å². The quantitative estimate of drug-likeness (QED) is 0.394. The van der Waals surface area contributed by atoms with E-state index >= 15 is 0 Å². The minimum atomic E-state index is 0.678. The third-order valence-corrected chi connectivity index (χ3v) is 4.28. The molecule has 5 nitrogen and oxygen atoms in total. The predicted molar refractivity (Wildman–Crippen MR) is 111 cm³/mol. The van der Waals surface area contributed by atoms with Crippen LogP contribution in [-0.4, -0.2) is 45.2 Å². The Labute approximate surface area is 163 Å². The first-order valence-corrected chi connectivity index (χ1v) is 9.40. The summed E-state index contributed by atoms with van der Waals surface area (Å²) in [5.74, 6) is 1.78. The number of rotatable bonds is 10. The predicted octanol–water partition coefficient (Wildman–Crippen LogP) is 3.70. The van der Waals surface area contributed by atoms with E-state index in [-0.39, 0.29) is 0 Å². The van der Waals surface area contributed by atoms with Gasteiger partial charge in [-0.25, -0.2) is 0 Å². The van der Waals surface area contributed by atoms with Crippen LogP contribution in [0.15, 0.2) is 59.6 Å². The smallest absolute Gasteiger partial charge is 0.193 e. The largest absolute Gasteiger partial charge is 0.496 e. The number of methoxy groups -OCH3 is 1. The molecule has 1 N–H and O–H groups in total. The lowest BCUT2D eigenvalue weighted by atomic mass is 10.2. The Morgan fingerprint density at radius 3 is 2.52 bits per heavy atom. The molecule has 0 saturated heterocycles. The second-order valence-electron chi connectivity index (χ2n) is 6.39. The summed E-state index contributed by atoms with van der Waals surface area (Å²) in [7, 11) is 5.54. The van der Waals surface area contributed by atoms with Gasteiger partial charge < -0.3 is 19.7 Å². The van der Waals surface area contributed by atoms with Gasteiger partial charge in [0.2, 0.25) is 0 Å². The standard InChI is InChI=1S/C22H31N3O2/c1-23-22(25(2)17-20-13-7-8-14-21(20)26-3)24-15-9-10-16-27-18-19-11-5-4-6-12-19/h4-8,11-14H,9-10,15-18H2,1-3H3,(H,23,24). The summed E-state index contributed by atoms with van der Waals surface area (Å²) in [6.45, 7) is 3.06. The number of guanidine groups is 1. The molecule has 5 heteroatoms. The van der Waals surface area contributed by atoms with Crippen LogP contribution in [-0.2, 0) is 17.9 Å². The Morgan fingerprint density at radius 2 is 1.78 bits per heavy atom. The highest BCUT2D eigenvalue weighted by Gasteiger charge is 2.09. The highest BCUT2D eigenvalue weighted by atomic mass is 16.5. The number of unbranched alkanes of at least 4 members (excludes halogenated alkanes) is 1. The Morgan fingerprint density at radius 1 is 1.04 bits per heavy atom. The van der Waals surface area contributed by atoms with E-state index in [0.29, 0.717) is 6.61 Å². The molecular weight excluding hydrogens is 338 g/mol. The third kappa shape index (κ3) is 7.31. The summed E-state index contributed by atoms with van der Waals surface area (Å²) < 4.78 is 11.1. The van der Waals surface area contributed by atoms with Gasteiger partial charge in [0, 0.05) is 39.4 Å². The highest BCUT2D eigenvalue weighted by molar-refractivity contribution is 5.79. The van der Waals surface area contributed by atoms with Crippen molar-refractivity contribution >= 4 is 5.96 Å². The molecule has 0 aliphatic rings. The zero-order chi connectivity index (χ0) is 19.3. The van der Waals surface area contributed by atoms with Gasteiger partial charge in [0.15, 0.2) is 5.96 Å². The zero-order valence-electron chi connectivity index (χ0n) is 16.6. The molecule has 0 aliphatic carbocycles. The number of aliphatic imine (C=N–C) groups is 1. The zero-order valence-corrected chi connectivity index (χ0v) is 16.6. The topological polar surface area (TPSA) is 46.1 Å². The lowest BCUT2D eigenvalue weighted by Gasteiger charge is -2.23. The number of hydrogen-bond acceptors (Lipinski definition) is 3. The first kappa shape index (κ1) is 20.8. The van der Waals surface area contributed by atoms with Crippen LogP contribution in [0.1, 0.15) is 24.0 Å². The fourth-order valence-corrected chi connectivity index (χ4v) is 2.84. The molecule has 0 bridgehead atoms. The molecule has 0 aliphatic heterocycles. The van der Waals surface area contributed by atoms with E-state index in [9.17, 15) is 0 Å². The average molecular weight is 370 g/mol. The van der Waals surface area contributed by atoms with Crippen molar-refractivity contribution in [1.29, 1.82) is 0 Å². The van der Waals surface area contributed by atoms with Gasteiger partial charge in [-0.3, -0.25) is 4.99 Å².